The molecule has 0 aromatic carbocycles. The van der Waals surface area contributed by atoms with Crippen molar-refractivity contribution in [3.8, 4) is 0 Å². The highest BCUT2D eigenvalue weighted by atomic mass is 14.6. The van der Waals surface area contributed by atoms with E-state index < -0.39 is 0 Å². The van der Waals surface area contributed by atoms with E-state index in [1.54, 1.807) is 25.4 Å². The molecule has 0 unspecified atom stereocenters. The molecular weight excluding hydrogens is 122 g/mol. The molecule has 0 saturated carbocycles. The minimum Gasteiger partial charge on any atom is -0.297 e. The fourth-order valence-electron chi connectivity index (χ4n) is 0.241. The number of rotatable bonds is 2. The minimum atomic E-state index is 1.64. The SMILES string of the molecule is C=CC=CC.C=CC=NC. The predicted octanol–water partition coefficient (Wildman–Crippen LogP) is 2.62. The van der Waals surface area contributed by atoms with Gasteiger partial charge in [-0.05, 0) is 6.92 Å². The van der Waals surface area contributed by atoms with Crippen LogP contribution in [0.2, 0.25) is 0 Å². The molecule has 1 nitrogen and oxygen atoms in total. The van der Waals surface area contributed by atoms with Gasteiger partial charge < -0.3 is 0 Å². The molecule has 10 heavy (non-hydrogen) atoms. The molecule has 0 rings (SSSR count). The van der Waals surface area contributed by atoms with E-state index in [0.29, 0.717) is 0 Å². The maximum absolute atomic E-state index is 3.61. The summed E-state index contributed by atoms with van der Waals surface area (Å²) < 4.78 is 0. The Labute approximate surface area is 63.5 Å². The van der Waals surface area contributed by atoms with Gasteiger partial charge in [0.2, 0.25) is 0 Å². The summed E-state index contributed by atoms with van der Waals surface area (Å²) in [4.78, 5) is 3.61. The van der Waals surface area contributed by atoms with Crippen LogP contribution in [0.5, 0.6) is 0 Å². The second-order valence-corrected chi connectivity index (χ2v) is 1.40. The molecule has 0 radical (unpaired) electrons. The first-order valence-electron chi connectivity index (χ1n) is 3.10. The van der Waals surface area contributed by atoms with Gasteiger partial charge in [0.25, 0.3) is 0 Å². The van der Waals surface area contributed by atoms with Crippen LogP contribution in [0.15, 0.2) is 42.5 Å². The van der Waals surface area contributed by atoms with Gasteiger partial charge >= 0.3 is 0 Å². The van der Waals surface area contributed by atoms with Crippen molar-refractivity contribution in [2.24, 2.45) is 4.99 Å². The van der Waals surface area contributed by atoms with E-state index in [1.165, 1.54) is 0 Å². The molecule has 0 aliphatic rings. The molecule has 0 fully saturated rings. The number of nitrogens with zero attached hydrogens (tertiary/aromatic N) is 1. The Balaban J connectivity index is 0. The molecule has 0 N–H and O–H groups in total. The maximum atomic E-state index is 3.61. The monoisotopic (exact) mass is 137 g/mol. The molecule has 0 aromatic rings. The van der Waals surface area contributed by atoms with Crippen molar-refractivity contribution in [3.05, 3.63) is 37.5 Å². The van der Waals surface area contributed by atoms with E-state index in [4.69, 9.17) is 0 Å². The largest absolute Gasteiger partial charge is 0.297 e. The van der Waals surface area contributed by atoms with Crippen molar-refractivity contribution in [2.45, 2.75) is 6.92 Å². The molecule has 0 spiro atoms. The van der Waals surface area contributed by atoms with Crippen LogP contribution in [0.25, 0.3) is 0 Å². The van der Waals surface area contributed by atoms with Gasteiger partial charge in [0.05, 0.1) is 0 Å². The lowest BCUT2D eigenvalue weighted by atomic mass is 10.5. The van der Waals surface area contributed by atoms with E-state index in [9.17, 15) is 0 Å². The fraction of sp³-hybridized carbons (Fsp3) is 0.222. The first kappa shape index (κ1) is 11.7. The van der Waals surface area contributed by atoms with Gasteiger partial charge in [-0.2, -0.15) is 0 Å². The van der Waals surface area contributed by atoms with E-state index in [-0.39, 0.29) is 0 Å². The molecule has 0 aliphatic heterocycles. The molecule has 0 amide bonds. The smallest absolute Gasteiger partial charge is 0.0277 e. The molecule has 0 aromatic heterocycles. The lowest BCUT2D eigenvalue weighted by Crippen LogP contribution is -1.53. The third-order valence-corrected chi connectivity index (χ3v) is 0.583. The lowest BCUT2D eigenvalue weighted by molar-refractivity contribution is 1.48. The predicted molar refractivity (Wildman–Crippen MR) is 49.6 cm³/mol. The second kappa shape index (κ2) is 15.7. The van der Waals surface area contributed by atoms with Crippen molar-refractivity contribution in [1.29, 1.82) is 0 Å². The minimum absolute atomic E-state index is 1.64. The zero-order valence-electron chi connectivity index (χ0n) is 6.75. The lowest BCUT2D eigenvalue weighted by Gasteiger charge is -1.58. The van der Waals surface area contributed by atoms with Crippen molar-refractivity contribution in [3.63, 3.8) is 0 Å². The molecule has 0 aliphatic carbocycles. The first-order chi connectivity index (χ1) is 4.83. The molecule has 0 heterocycles. The van der Waals surface area contributed by atoms with E-state index >= 15 is 0 Å². The fourth-order valence-corrected chi connectivity index (χ4v) is 0.241. The summed E-state index contributed by atoms with van der Waals surface area (Å²) >= 11 is 0. The summed E-state index contributed by atoms with van der Waals surface area (Å²) in [5.41, 5.74) is 0. The van der Waals surface area contributed by atoms with E-state index in [0.717, 1.165) is 0 Å². The normalized spacial score (nSPS) is 9.00. The Morgan fingerprint density at radius 1 is 1.20 bits per heavy atom. The Bertz CT molecular complexity index is 105. The van der Waals surface area contributed by atoms with Crippen LogP contribution in [0.1, 0.15) is 6.92 Å². The van der Waals surface area contributed by atoms with Crippen LogP contribution in [-0.2, 0) is 0 Å². The number of hydrogen-bond acceptors (Lipinski definition) is 1. The van der Waals surface area contributed by atoms with Gasteiger partial charge in [0, 0.05) is 13.3 Å². The third kappa shape index (κ3) is 28.6. The topological polar surface area (TPSA) is 12.4 Å². The van der Waals surface area contributed by atoms with E-state index in [1.807, 2.05) is 19.1 Å². The maximum Gasteiger partial charge on any atom is 0.0277 e. The summed E-state index contributed by atoms with van der Waals surface area (Å²) in [6.45, 7) is 8.82. The van der Waals surface area contributed by atoms with Crippen molar-refractivity contribution >= 4 is 6.21 Å². The Morgan fingerprint density at radius 2 is 1.80 bits per heavy atom. The summed E-state index contributed by atoms with van der Waals surface area (Å²) in [5, 5.41) is 0. The van der Waals surface area contributed by atoms with Gasteiger partial charge in [-0.25, -0.2) is 0 Å². The number of hydrogen-bond donors (Lipinski definition) is 0. The van der Waals surface area contributed by atoms with Gasteiger partial charge in [-0.1, -0.05) is 37.5 Å². The zero-order valence-corrected chi connectivity index (χ0v) is 6.75. The molecule has 0 atom stereocenters. The highest BCUT2D eigenvalue weighted by molar-refractivity contribution is 5.69. The highest BCUT2D eigenvalue weighted by Crippen LogP contribution is 1.64. The summed E-state index contributed by atoms with van der Waals surface area (Å²) in [5.74, 6) is 0. The summed E-state index contributed by atoms with van der Waals surface area (Å²) in [6, 6.07) is 0. The number of allylic oxidation sites excluding steroid dienone is 4. The van der Waals surface area contributed by atoms with Crippen LogP contribution in [-0.4, -0.2) is 13.3 Å². The Kier molecular flexibility index (Phi) is 18.3. The van der Waals surface area contributed by atoms with E-state index in [2.05, 4.69) is 18.2 Å². The quantitative estimate of drug-likeness (QED) is 0.410. The van der Waals surface area contributed by atoms with Crippen LogP contribution in [0.3, 0.4) is 0 Å². The van der Waals surface area contributed by atoms with Gasteiger partial charge in [0.15, 0.2) is 0 Å². The Hall–Kier alpha value is -1.11. The summed E-state index contributed by atoms with van der Waals surface area (Å²) in [7, 11) is 1.71. The van der Waals surface area contributed by atoms with Crippen molar-refractivity contribution in [1.82, 2.24) is 0 Å². The van der Waals surface area contributed by atoms with Crippen LogP contribution >= 0.6 is 0 Å². The second-order valence-electron chi connectivity index (χ2n) is 1.40. The van der Waals surface area contributed by atoms with Crippen molar-refractivity contribution in [2.75, 3.05) is 7.05 Å². The highest BCUT2D eigenvalue weighted by Gasteiger charge is 1.42. The molecule has 1 heteroatoms. The van der Waals surface area contributed by atoms with Crippen LogP contribution < -0.4 is 0 Å². The van der Waals surface area contributed by atoms with Crippen molar-refractivity contribution < 1.29 is 0 Å². The average Bonchev–Trinajstić information content (AvgIpc) is 1.93. The Morgan fingerprint density at radius 3 is 1.80 bits per heavy atom. The molecular formula is C9H15N. The first-order valence-corrected chi connectivity index (χ1v) is 3.10. The van der Waals surface area contributed by atoms with Gasteiger partial charge in [-0.15, -0.1) is 0 Å². The molecule has 56 valence electrons. The number of aliphatic imine (C=N–C) groups is 1. The van der Waals surface area contributed by atoms with Crippen LogP contribution in [0, 0.1) is 0 Å². The van der Waals surface area contributed by atoms with Gasteiger partial charge in [-0.3, -0.25) is 4.99 Å². The standard InChI is InChI=1S/C5H8.C4H7N/c1-3-5-4-2;1-3-4-5-2/h3-5H,1H2,2H3;3-4H,1H2,2H3. The average molecular weight is 137 g/mol. The van der Waals surface area contributed by atoms with Crippen LogP contribution in [0.4, 0.5) is 0 Å². The van der Waals surface area contributed by atoms with Gasteiger partial charge in [0.1, 0.15) is 0 Å². The molecule has 0 bridgehead atoms. The summed E-state index contributed by atoms with van der Waals surface area (Å²) in [6.07, 6.45) is 8.85. The zero-order chi connectivity index (χ0) is 8.24. The third-order valence-electron chi connectivity index (χ3n) is 0.583. The molecule has 0 saturated heterocycles.